The second kappa shape index (κ2) is 9.80. The summed E-state index contributed by atoms with van der Waals surface area (Å²) in [6, 6.07) is 12.3. The normalized spacial score (nSPS) is 12.7. The molecule has 0 saturated heterocycles. The Hall–Kier alpha value is -3.00. The molecule has 4 nitrogen and oxygen atoms in total. The number of rotatable bonds is 4. The second-order valence-corrected chi connectivity index (χ2v) is 6.23. The molecule has 0 aromatic heterocycles. The number of benzene rings is 2. The van der Waals surface area contributed by atoms with Crippen molar-refractivity contribution in [3.63, 3.8) is 0 Å². The van der Waals surface area contributed by atoms with Gasteiger partial charge in [0.2, 0.25) is 5.91 Å². The first-order valence-electron chi connectivity index (χ1n) is 9.65. The fourth-order valence-corrected chi connectivity index (χ4v) is 3.44. The van der Waals surface area contributed by atoms with Gasteiger partial charge in [0, 0.05) is 19.3 Å². The molecule has 3 rings (SSSR count). The van der Waals surface area contributed by atoms with Crippen LogP contribution in [0.1, 0.15) is 49.4 Å². The molecule has 1 aliphatic rings. The third kappa shape index (κ3) is 4.28. The molecule has 0 fully saturated rings. The van der Waals surface area contributed by atoms with E-state index in [9.17, 15) is 14.4 Å². The largest absolute Gasteiger partial charge is 0.310 e. The number of hydrogen-bond acceptors (Lipinski definition) is 3. The number of carbonyl (C=O) groups excluding carboxylic acids is 1. The Labute approximate surface area is 166 Å². The monoisotopic (exact) mass is 379 g/mol. The number of anilines is 1. The summed E-state index contributed by atoms with van der Waals surface area (Å²) >= 11 is 0. The van der Waals surface area contributed by atoms with Crippen molar-refractivity contribution in [3.8, 4) is 6.07 Å². The summed E-state index contributed by atoms with van der Waals surface area (Å²) in [7, 11) is 1.74. The van der Waals surface area contributed by atoms with Crippen molar-refractivity contribution < 1.29 is 9.18 Å². The molecular formula is C23H26FN3O. The van der Waals surface area contributed by atoms with Crippen LogP contribution in [0.2, 0.25) is 0 Å². The highest BCUT2D eigenvalue weighted by Gasteiger charge is 2.29. The fourth-order valence-electron chi connectivity index (χ4n) is 3.44. The van der Waals surface area contributed by atoms with E-state index < -0.39 is 0 Å². The van der Waals surface area contributed by atoms with Gasteiger partial charge < -0.3 is 4.90 Å². The molecule has 0 atom stereocenters. The van der Waals surface area contributed by atoms with E-state index in [1.54, 1.807) is 36.2 Å². The lowest BCUT2D eigenvalue weighted by Gasteiger charge is -2.19. The Kier molecular flexibility index (Phi) is 7.45. The van der Waals surface area contributed by atoms with Crippen molar-refractivity contribution in [1.29, 1.82) is 5.26 Å². The minimum atomic E-state index is -0.386. The highest BCUT2D eigenvalue weighted by Crippen LogP contribution is 2.34. The molecule has 0 bridgehead atoms. The third-order valence-electron chi connectivity index (χ3n) is 4.72. The summed E-state index contributed by atoms with van der Waals surface area (Å²) < 4.78 is 13.9. The Balaban J connectivity index is 0.00000136. The number of carbonyl (C=O) groups is 1. The molecule has 1 amide bonds. The lowest BCUT2D eigenvalue weighted by atomic mass is 9.99. The van der Waals surface area contributed by atoms with E-state index in [2.05, 4.69) is 11.1 Å². The Bertz CT molecular complexity index is 928. The van der Waals surface area contributed by atoms with Crippen LogP contribution >= 0.6 is 0 Å². The average molecular weight is 379 g/mol. The van der Waals surface area contributed by atoms with Crippen molar-refractivity contribution >= 4 is 17.3 Å². The standard InChI is InChI=1S/C21H20FN3O.C2H6/c1-3-19(24-2)16-10-15-8-9-25(21(15)17(11-16)13-23)20(26)12-14-6-4-5-7-18(14)22;1-2/h4-7,10-11H,3,8-9,12H2,1-2H3;1-2H3. The zero-order valence-corrected chi connectivity index (χ0v) is 16.9. The van der Waals surface area contributed by atoms with Crippen LogP contribution in [0.5, 0.6) is 0 Å². The first kappa shape index (κ1) is 21.3. The summed E-state index contributed by atoms with van der Waals surface area (Å²) in [5, 5.41) is 9.60. The van der Waals surface area contributed by atoms with Crippen LogP contribution in [-0.2, 0) is 17.6 Å². The molecule has 0 spiro atoms. The molecule has 5 heteroatoms. The van der Waals surface area contributed by atoms with Crippen LogP contribution in [0.15, 0.2) is 41.4 Å². The average Bonchev–Trinajstić information content (AvgIpc) is 3.16. The van der Waals surface area contributed by atoms with Crippen LogP contribution in [0, 0.1) is 17.1 Å². The summed E-state index contributed by atoms with van der Waals surface area (Å²) in [6.07, 6.45) is 1.44. The van der Waals surface area contributed by atoms with Gasteiger partial charge >= 0.3 is 0 Å². The lowest BCUT2D eigenvalue weighted by Crippen LogP contribution is -2.31. The van der Waals surface area contributed by atoms with Gasteiger partial charge in [0.05, 0.1) is 17.7 Å². The van der Waals surface area contributed by atoms with E-state index in [-0.39, 0.29) is 18.1 Å². The van der Waals surface area contributed by atoms with Gasteiger partial charge in [0.1, 0.15) is 11.9 Å². The Morgan fingerprint density at radius 1 is 1.29 bits per heavy atom. The van der Waals surface area contributed by atoms with Gasteiger partial charge in [-0.25, -0.2) is 4.39 Å². The van der Waals surface area contributed by atoms with Gasteiger partial charge in [-0.05, 0) is 47.7 Å². The maximum atomic E-state index is 13.9. The number of fused-ring (bicyclic) bond motifs is 1. The lowest BCUT2D eigenvalue weighted by molar-refractivity contribution is -0.117. The van der Waals surface area contributed by atoms with Crippen molar-refractivity contribution in [2.24, 2.45) is 4.99 Å². The van der Waals surface area contributed by atoms with E-state index in [1.807, 2.05) is 26.8 Å². The third-order valence-corrected chi connectivity index (χ3v) is 4.72. The first-order valence-corrected chi connectivity index (χ1v) is 9.65. The predicted molar refractivity (Wildman–Crippen MR) is 111 cm³/mol. The molecule has 146 valence electrons. The molecule has 0 aliphatic carbocycles. The van der Waals surface area contributed by atoms with Crippen molar-refractivity contribution in [2.75, 3.05) is 18.5 Å². The molecule has 0 unspecified atom stereocenters. The van der Waals surface area contributed by atoms with E-state index in [0.717, 1.165) is 23.3 Å². The minimum Gasteiger partial charge on any atom is -0.310 e. The molecule has 0 N–H and O–H groups in total. The molecule has 1 heterocycles. The van der Waals surface area contributed by atoms with Crippen LogP contribution < -0.4 is 4.90 Å². The summed E-state index contributed by atoms with van der Waals surface area (Å²) in [5.41, 5.74) is 4.31. The summed E-state index contributed by atoms with van der Waals surface area (Å²) in [4.78, 5) is 18.6. The number of nitriles is 1. The van der Waals surface area contributed by atoms with Gasteiger partial charge in [-0.2, -0.15) is 5.26 Å². The van der Waals surface area contributed by atoms with Gasteiger partial charge in [0.25, 0.3) is 0 Å². The maximum Gasteiger partial charge on any atom is 0.231 e. The van der Waals surface area contributed by atoms with Crippen LogP contribution in [0.3, 0.4) is 0 Å². The first-order chi connectivity index (χ1) is 13.6. The van der Waals surface area contributed by atoms with E-state index in [1.165, 1.54) is 6.07 Å². The highest BCUT2D eigenvalue weighted by molar-refractivity contribution is 6.03. The number of nitrogens with zero attached hydrogens (tertiary/aromatic N) is 3. The van der Waals surface area contributed by atoms with E-state index >= 15 is 0 Å². The number of hydrogen-bond donors (Lipinski definition) is 0. The molecule has 28 heavy (non-hydrogen) atoms. The predicted octanol–water partition coefficient (Wildman–Crippen LogP) is 4.68. The second-order valence-electron chi connectivity index (χ2n) is 6.23. The van der Waals surface area contributed by atoms with Gasteiger partial charge in [-0.3, -0.25) is 9.79 Å². The molecular weight excluding hydrogens is 353 g/mol. The van der Waals surface area contributed by atoms with Crippen LogP contribution in [0.25, 0.3) is 0 Å². The number of aliphatic imine (C=N–C) groups is 1. The van der Waals surface area contributed by atoms with Gasteiger partial charge in [-0.1, -0.05) is 39.0 Å². The quantitative estimate of drug-likeness (QED) is 0.724. The molecule has 2 aromatic rings. The topological polar surface area (TPSA) is 56.5 Å². The number of halogens is 1. The zero-order chi connectivity index (χ0) is 20.7. The van der Waals surface area contributed by atoms with E-state index in [0.29, 0.717) is 29.8 Å². The summed E-state index contributed by atoms with van der Waals surface area (Å²) in [5.74, 6) is -0.583. The van der Waals surface area contributed by atoms with Crippen molar-refractivity contribution in [2.45, 2.75) is 40.0 Å². The van der Waals surface area contributed by atoms with Crippen molar-refractivity contribution in [3.05, 3.63) is 64.5 Å². The SMILES string of the molecule is CC.CCC(=NC)c1cc(C#N)c2c(c1)CCN2C(=O)Cc1ccccc1F. The van der Waals surface area contributed by atoms with Gasteiger partial charge in [-0.15, -0.1) is 0 Å². The number of amides is 1. The van der Waals surface area contributed by atoms with E-state index in [4.69, 9.17) is 0 Å². The maximum absolute atomic E-state index is 13.9. The Morgan fingerprint density at radius 3 is 2.61 bits per heavy atom. The fraction of sp³-hybridized carbons (Fsp3) is 0.348. The zero-order valence-electron chi connectivity index (χ0n) is 16.9. The smallest absolute Gasteiger partial charge is 0.231 e. The van der Waals surface area contributed by atoms with Crippen molar-refractivity contribution in [1.82, 2.24) is 0 Å². The highest BCUT2D eigenvalue weighted by atomic mass is 19.1. The minimum absolute atomic E-state index is 0.0185. The summed E-state index contributed by atoms with van der Waals surface area (Å²) in [6.45, 7) is 6.53. The van der Waals surface area contributed by atoms with Crippen LogP contribution in [0.4, 0.5) is 10.1 Å². The van der Waals surface area contributed by atoms with Gasteiger partial charge in [0.15, 0.2) is 0 Å². The molecule has 2 aromatic carbocycles. The molecule has 0 saturated carbocycles. The van der Waals surface area contributed by atoms with Crippen LogP contribution in [-0.4, -0.2) is 25.2 Å². The Morgan fingerprint density at radius 2 is 2.00 bits per heavy atom. The molecule has 0 radical (unpaired) electrons. The molecule has 1 aliphatic heterocycles.